The highest BCUT2D eigenvalue weighted by atomic mass is 32.1. The third-order valence-corrected chi connectivity index (χ3v) is 1.58. The van der Waals surface area contributed by atoms with Crippen molar-refractivity contribution >= 4 is 12.6 Å². The summed E-state index contributed by atoms with van der Waals surface area (Å²) in [5.41, 5.74) is 3.94. The SMILES string of the molecule is NC(CO)(CO)CO.OCCCS. The summed E-state index contributed by atoms with van der Waals surface area (Å²) in [5.74, 6) is 0.788. The summed E-state index contributed by atoms with van der Waals surface area (Å²) in [7, 11) is 0. The van der Waals surface area contributed by atoms with Crippen LogP contribution in [-0.2, 0) is 0 Å². The van der Waals surface area contributed by atoms with Crippen LogP contribution in [0.5, 0.6) is 0 Å². The first-order chi connectivity index (χ1) is 6.10. The second-order valence-electron chi connectivity index (χ2n) is 2.64. The van der Waals surface area contributed by atoms with Crippen molar-refractivity contribution in [3.05, 3.63) is 0 Å². The van der Waals surface area contributed by atoms with Crippen LogP contribution in [0.3, 0.4) is 0 Å². The first kappa shape index (κ1) is 15.6. The quantitative estimate of drug-likeness (QED) is 0.295. The lowest BCUT2D eigenvalue weighted by Crippen LogP contribution is -2.50. The summed E-state index contributed by atoms with van der Waals surface area (Å²) in [4.78, 5) is 0. The van der Waals surface area contributed by atoms with Gasteiger partial charge in [0.2, 0.25) is 0 Å². The van der Waals surface area contributed by atoms with E-state index in [0.717, 1.165) is 12.2 Å². The molecular weight excluding hydrogens is 194 g/mol. The summed E-state index contributed by atoms with van der Waals surface area (Å²) in [6, 6.07) is 0. The molecule has 0 aromatic heterocycles. The van der Waals surface area contributed by atoms with Crippen LogP contribution in [0.2, 0.25) is 0 Å². The molecule has 0 spiro atoms. The summed E-state index contributed by atoms with van der Waals surface area (Å²) >= 11 is 3.84. The van der Waals surface area contributed by atoms with E-state index >= 15 is 0 Å². The van der Waals surface area contributed by atoms with Crippen molar-refractivity contribution in [2.75, 3.05) is 32.2 Å². The Bertz CT molecular complexity index is 90.2. The number of aliphatic hydroxyl groups is 4. The highest BCUT2D eigenvalue weighted by Gasteiger charge is 2.20. The fraction of sp³-hybridized carbons (Fsp3) is 1.00. The second kappa shape index (κ2) is 10.2. The fourth-order valence-electron chi connectivity index (χ4n) is 0.221. The lowest BCUT2D eigenvalue weighted by molar-refractivity contribution is 0.0698. The highest BCUT2D eigenvalue weighted by molar-refractivity contribution is 7.80. The molecule has 6 N–H and O–H groups in total. The highest BCUT2D eigenvalue weighted by Crippen LogP contribution is 1.93. The predicted molar refractivity (Wildman–Crippen MR) is 53.7 cm³/mol. The van der Waals surface area contributed by atoms with Crippen molar-refractivity contribution in [2.45, 2.75) is 12.0 Å². The smallest absolute Gasteiger partial charge is 0.0856 e. The second-order valence-corrected chi connectivity index (χ2v) is 3.08. The van der Waals surface area contributed by atoms with E-state index in [1.807, 2.05) is 0 Å². The normalized spacial score (nSPS) is 10.6. The predicted octanol–water partition coefficient (Wildman–Crippen LogP) is -2.04. The van der Waals surface area contributed by atoms with Crippen LogP contribution in [0.4, 0.5) is 0 Å². The van der Waals surface area contributed by atoms with Crippen molar-refractivity contribution in [1.29, 1.82) is 0 Å². The molecular formula is C7H19NO4S. The Balaban J connectivity index is 0. The maximum atomic E-state index is 8.34. The van der Waals surface area contributed by atoms with E-state index in [9.17, 15) is 0 Å². The van der Waals surface area contributed by atoms with Crippen molar-refractivity contribution in [2.24, 2.45) is 5.73 Å². The zero-order valence-electron chi connectivity index (χ0n) is 7.56. The third-order valence-electron chi connectivity index (χ3n) is 1.26. The Hall–Kier alpha value is 0.150. The number of nitrogens with two attached hydrogens (primary N) is 1. The van der Waals surface area contributed by atoms with E-state index in [-0.39, 0.29) is 6.61 Å². The number of thiol groups is 1. The van der Waals surface area contributed by atoms with E-state index in [4.69, 9.17) is 26.2 Å². The molecule has 0 radical (unpaired) electrons. The molecule has 0 heterocycles. The van der Waals surface area contributed by atoms with Gasteiger partial charge in [-0.2, -0.15) is 12.6 Å². The molecule has 0 fully saturated rings. The summed E-state index contributed by atoms with van der Waals surface area (Å²) < 4.78 is 0. The van der Waals surface area contributed by atoms with Gasteiger partial charge in [0.05, 0.1) is 25.4 Å². The van der Waals surface area contributed by atoms with Gasteiger partial charge in [0.25, 0.3) is 0 Å². The van der Waals surface area contributed by atoms with Crippen molar-refractivity contribution in [1.82, 2.24) is 0 Å². The minimum Gasteiger partial charge on any atom is -0.396 e. The van der Waals surface area contributed by atoms with Gasteiger partial charge in [-0.25, -0.2) is 0 Å². The number of hydrogen-bond donors (Lipinski definition) is 6. The Labute approximate surface area is 83.6 Å². The lowest BCUT2D eigenvalue weighted by atomic mass is 10.1. The van der Waals surface area contributed by atoms with E-state index in [1.54, 1.807) is 0 Å². The van der Waals surface area contributed by atoms with Crippen LogP contribution < -0.4 is 5.73 Å². The molecule has 0 saturated carbocycles. The Kier molecular flexibility index (Phi) is 12.3. The molecule has 13 heavy (non-hydrogen) atoms. The van der Waals surface area contributed by atoms with Crippen LogP contribution in [-0.4, -0.2) is 58.1 Å². The first-order valence-corrected chi connectivity index (χ1v) is 4.56. The van der Waals surface area contributed by atoms with E-state index < -0.39 is 25.4 Å². The van der Waals surface area contributed by atoms with Gasteiger partial charge in [-0.05, 0) is 12.2 Å². The molecule has 6 heteroatoms. The van der Waals surface area contributed by atoms with Crippen molar-refractivity contribution < 1.29 is 20.4 Å². The molecule has 0 aromatic rings. The summed E-state index contributed by atoms with van der Waals surface area (Å²) in [6.45, 7) is -0.941. The molecule has 0 aromatic carbocycles. The van der Waals surface area contributed by atoms with Crippen molar-refractivity contribution in [3.8, 4) is 0 Å². The van der Waals surface area contributed by atoms with Gasteiger partial charge in [-0.15, -0.1) is 0 Å². The minimum absolute atomic E-state index is 0.267. The number of aliphatic hydroxyl groups excluding tert-OH is 4. The maximum absolute atomic E-state index is 8.34. The average molecular weight is 213 g/mol. The van der Waals surface area contributed by atoms with Crippen LogP contribution >= 0.6 is 12.6 Å². The molecule has 0 bridgehead atoms. The van der Waals surface area contributed by atoms with E-state index in [2.05, 4.69) is 12.6 Å². The van der Waals surface area contributed by atoms with Gasteiger partial charge in [-0.1, -0.05) is 0 Å². The van der Waals surface area contributed by atoms with Crippen LogP contribution in [0.1, 0.15) is 6.42 Å². The zero-order chi connectivity index (χ0) is 10.7. The molecule has 0 aliphatic rings. The topological polar surface area (TPSA) is 107 Å². The summed E-state index contributed by atoms with van der Waals surface area (Å²) in [5, 5.41) is 33.0. The monoisotopic (exact) mass is 213 g/mol. The molecule has 0 unspecified atom stereocenters. The van der Waals surface area contributed by atoms with Crippen molar-refractivity contribution in [3.63, 3.8) is 0 Å². The minimum atomic E-state index is -1.21. The van der Waals surface area contributed by atoms with Crippen LogP contribution in [0.25, 0.3) is 0 Å². The Morgan fingerprint density at radius 2 is 1.38 bits per heavy atom. The third kappa shape index (κ3) is 10.1. The average Bonchev–Trinajstić information content (AvgIpc) is 2.19. The molecule has 5 nitrogen and oxygen atoms in total. The maximum Gasteiger partial charge on any atom is 0.0856 e. The van der Waals surface area contributed by atoms with E-state index in [1.165, 1.54) is 0 Å². The summed E-state index contributed by atoms with van der Waals surface area (Å²) in [6.07, 6.45) is 0.809. The van der Waals surface area contributed by atoms with Gasteiger partial charge in [0.15, 0.2) is 0 Å². The van der Waals surface area contributed by atoms with Crippen LogP contribution in [0.15, 0.2) is 0 Å². The first-order valence-electron chi connectivity index (χ1n) is 3.93. The van der Waals surface area contributed by atoms with Gasteiger partial charge in [0.1, 0.15) is 0 Å². The van der Waals surface area contributed by atoms with Gasteiger partial charge in [0, 0.05) is 6.61 Å². The fourth-order valence-corrected chi connectivity index (χ4v) is 0.362. The van der Waals surface area contributed by atoms with Crippen LogP contribution in [0, 0.1) is 0 Å². The standard InChI is InChI=1S/C4H11NO3.C3H8OS/c5-4(1-6,2-7)3-8;4-2-1-3-5/h6-8H,1-3,5H2;4-5H,1-3H2. The molecule has 0 aliphatic heterocycles. The zero-order valence-corrected chi connectivity index (χ0v) is 8.45. The van der Waals surface area contributed by atoms with E-state index in [0.29, 0.717) is 0 Å². The molecule has 0 saturated heterocycles. The Morgan fingerprint density at radius 1 is 1.00 bits per heavy atom. The molecule has 0 amide bonds. The largest absolute Gasteiger partial charge is 0.396 e. The number of rotatable bonds is 5. The number of hydrogen-bond acceptors (Lipinski definition) is 6. The van der Waals surface area contributed by atoms with Gasteiger partial charge < -0.3 is 26.2 Å². The van der Waals surface area contributed by atoms with Gasteiger partial charge in [-0.3, -0.25) is 0 Å². The van der Waals surface area contributed by atoms with Gasteiger partial charge >= 0.3 is 0 Å². The molecule has 0 rings (SSSR count). The Morgan fingerprint density at radius 3 is 1.38 bits per heavy atom. The molecule has 82 valence electrons. The lowest BCUT2D eigenvalue weighted by Gasteiger charge is -2.20. The molecule has 0 atom stereocenters. The molecule has 0 aliphatic carbocycles.